The first kappa shape index (κ1) is 18.0. The Balaban J connectivity index is 2.15. The number of aromatic nitrogens is 2. The molecule has 0 aliphatic heterocycles. The number of amides is 1. The van der Waals surface area contributed by atoms with Crippen molar-refractivity contribution in [3.8, 4) is 11.8 Å². The molecule has 3 N–H and O–H groups in total. The molecule has 1 aromatic heterocycles. The summed E-state index contributed by atoms with van der Waals surface area (Å²) in [6.45, 7) is 3.97. The van der Waals surface area contributed by atoms with Gasteiger partial charge in [0.25, 0.3) is 5.91 Å². The van der Waals surface area contributed by atoms with Crippen LogP contribution >= 0.6 is 0 Å². The molecule has 8 nitrogen and oxygen atoms in total. The van der Waals surface area contributed by atoms with E-state index in [1.54, 1.807) is 18.2 Å². The minimum Gasteiger partial charge on any atom is -0.449 e. The molecule has 1 aromatic carbocycles. The van der Waals surface area contributed by atoms with Gasteiger partial charge in [0.15, 0.2) is 6.10 Å². The van der Waals surface area contributed by atoms with Gasteiger partial charge in [-0.1, -0.05) is 13.0 Å². The molecule has 0 bridgehead atoms. The average Bonchev–Trinajstić information content (AvgIpc) is 3.00. The number of nitrogen functional groups attached to an aromatic ring is 1. The van der Waals surface area contributed by atoms with Crippen LogP contribution in [-0.2, 0) is 9.53 Å². The van der Waals surface area contributed by atoms with E-state index in [-0.39, 0.29) is 22.9 Å². The van der Waals surface area contributed by atoms with Crippen LogP contribution in [0.25, 0.3) is 5.69 Å². The van der Waals surface area contributed by atoms with E-state index in [0.717, 1.165) is 6.42 Å². The molecule has 0 unspecified atom stereocenters. The van der Waals surface area contributed by atoms with Crippen molar-refractivity contribution in [2.45, 2.75) is 26.4 Å². The van der Waals surface area contributed by atoms with Gasteiger partial charge in [0.1, 0.15) is 17.5 Å². The standard InChI is InChI=1S/C17H19N5O3/c1-3-7-20-16(23)11(2)25-17(24)12-5-4-6-14(8-12)22-15(19)13(9-18)10-21-22/h4-6,8,10-11H,3,7,19H2,1-2H3,(H,20,23)/t11-/m1/s1. The lowest BCUT2D eigenvalue weighted by Gasteiger charge is -2.13. The highest BCUT2D eigenvalue weighted by Crippen LogP contribution is 2.18. The SMILES string of the molecule is CCCNC(=O)[C@@H](C)OC(=O)c1cccc(-n2ncc(C#N)c2N)c1. The van der Waals surface area contributed by atoms with Crippen LogP contribution in [0.5, 0.6) is 0 Å². The van der Waals surface area contributed by atoms with E-state index >= 15 is 0 Å². The number of anilines is 1. The third-order valence-electron chi connectivity index (χ3n) is 3.46. The quantitative estimate of drug-likeness (QED) is 0.766. The second kappa shape index (κ2) is 7.97. The van der Waals surface area contributed by atoms with E-state index in [0.29, 0.717) is 12.2 Å². The number of nitrogens with one attached hydrogen (secondary N) is 1. The van der Waals surface area contributed by atoms with Crippen molar-refractivity contribution in [3.63, 3.8) is 0 Å². The largest absolute Gasteiger partial charge is 0.449 e. The van der Waals surface area contributed by atoms with Crippen LogP contribution in [0.3, 0.4) is 0 Å². The fraction of sp³-hybridized carbons (Fsp3) is 0.294. The molecule has 0 saturated carbocycles. The lowest BCUT2D eigenvalue weighted by molar-refractivity contribution is -0.129. The lowest BCUT2D eigenvalue weighted by Crippen LogP contribution is -2.36. The van der Waals surface area contributed by atoms with Crippen molar-refractivity contribution in [2.24, 2.45) is 0 Å². The molecule has 1 heterocycles. The number of benzene rings is 1. The number of hydrogen-bond donors (Lipinski definition) is 2. The number of esters is 1. The summed E-state index contributed by atoms with van der Waals surface area (Å²) < 4.78 is 6.53. The van der Waals surface area contributed by atoms with Gasteiger partial charge < -0.3 is 15.8 Å². The minimum atomic E-state index is -0.900. The van der Waals surface area contributed by atoms with Crippen molar-refractivity contribution in [3.05, 3.63) is 41.6 Å². The molecule has 130 valence electrons. The minimum absolute atomic E-state index is 0.181. The van der Waals surface area contributed by atoms with E-state index < -0.39 is 12.1 Å². The summed E-state index contributed by atoms with van der Waals surface area (Å²) in [4.78, 5) is 24.0. The summed E-state index contributed by atoms with van der Waals surface area (Å²) in [6, 6.07) is 8.36. The number of nitriles is 1. The Labute approximate surface area is 145 Å². The molecule has 25 heavy (non-hydrogen) atoms. The zero-order valence-corrected chi connectivity index (χ0v) is 14.0. The summed E-state index contributed by atoms with van der Waals surface area (Å²) in [5.74, 6) is -0.797. The van der Waals surface area contributed by atoms with E-state index in [2.05, 4.69) is 10.4 Å². The number of rotatable bonds is 6. The molecule has 2 aromatic rings. The van der Waals surface area contributed by atoms with Crippen molar-refractivity contribution in [1.29, 1.82) is 5.26 Å². The van der Waals surface area contributed by atoms with Crippen molar-refractivity contribution < 1.29 is 14.3 Å². The fourth-order valence-corrected chi connectivity index (χ4v) is 2.09. The van der Waals surface area contributed by atoms with E-state index in [9.17, 15) is 9.59 Å². The van der Waals surface area contributed by atoms with Gasteiger partial charge >= 0.3 is 5.97 Å². The highest BCUT2D eigenvalue weighted by molar-refractivity contribution is 5.92. The van der Waals surface area contributed by atoms with Crippen LogP contribution in [0, 0.1) is 11.3 Å². The molecule has 0 saturated heterocycles. The molecule has 0 fully saturated rings. The molecule has 8 heteroatoms. The summed E-state index contributed by atoms with van der Waals surface area (Å²) >= 11 is 0. The highest BCUT2D eigenvalue weighted by atomic mass is 16.5. The van der Waals surface area contributed by atoms with Gasteiger partial charge in [0, 0.05) is 6.54 Å². The van der Waals surface area contributed by atoms with Gasteiger partial charge in [-0.25, -0.2) is 9.48 Å². The highest BCUT2D eigenvalue weighted by Gasteiger charge is 2.19. The molecule has 0 aliphatic rings. The molecule has 0 radical (unpaired) electrons. The Morgan fingerprint density at radius 2 is 2.24 bits per heavy atom. The van der Waals surface area contributed by atoms with E-state index in [1.807, 2.05) is 13.0 Å². The molecular formula is C17H19N5O3. The maximum Gasteiger partial charge on any atom is 0.338 e. The number of hydrogen-bond acceptors (Lipinski definition) is 6. The van der Waals surface area contributed by atoms with Gasteiger partial charge in [-0.05, 0) is 31.5 Å². The van der Waals surface area contributed by atoms with Gasteiger partial charge in [-0.3, -0.25) is 4.79 Å². The van der Waals surface area contributed by atoms with Gasteiger partial charge in [0.05, 0.1) is 17.4 Å². The summed E-state index contributed by atoms with van der Waals surface area (Å²) in [6.07, 6.45) is 1.24. The summed E-state index contributed by atoms with van der Waals surface area (Å²) in [7, 11) is 0. The predicted octanol–water partition coefficient (Wildman–Crippen LogP) is 1.40. The first-order chi connectivity index (χ1) is 12.0. The van der Waals surface area contributed by atoms with Gasteiger partial charge in [-0.2, -0.15) is 10.4 Å². The average molecular weight is 341 g/mol. The molecule has 2 rings (SSSR count). The zero-order chi connectivity index (χ0) is 18.4. The monoisotopic (exact) mass is 341 g/mol. The van der Waals surface area contributed by atoms with Crippen LogP contribution in [0.1, 0.15) is 36.2 Å². The Morgan fingerprint density at radius 3 is 2.88 bits per heavy atom. The molecule has 0 spiro atoms. The zero-order valence-electron chi connectivity index (χ0n) is 14.0. The summed E-state index contributed by atoms with van der Waals surface area (Å²) in [5, 5.41) is 15.6. The number of carbonyl (C=O) groups excluding carboxylic acids is 2. The topological polar surface area (TPSA) is 123 Å². The smallest absolute Gasteiger partial charge is 0.338 e. The van der Waals surface area contributed by atoms with Crippen molar-refractivity contribution in [1.82, 2.24) is 15.1 Å². The molecule has 1 atom stereocenters. The predicted molar refractivity (Wildman–Crippen MR) is 90.9 cm³/mol. The Hall–Kier alpha value is -3.34. The maximum absolute atomic E-state index is 12.2. The van der Waals surface area contributed by atoms with Crippen LogP contribution in [-0.4, -0.2) is 34.3 Å². The molecular weight excluding hydrogens is 322 g/mol. The number of nitrogens with zero attached hydrogens (tertiary/aromatic N) is 3. The van der Waals surface area contributed by atoms with Crippen molar-refractivity contribution in [2.75, 3.05) is 12.3 Å². The van der Waals surface area contributed by atoms with Crippen LogP contribution < -0.4 is 11.1 Å². The second-order valence-corrected chi connectivity index (χ2v) is 5.36. The normalized spacial score (nSPS) is 11.4. The first-order valence-electron chi connectivity index (χ1n) is 7.80. The lowest BCUT2D eigenvalue weighted by atomic mass is 10.2. The number of nitrogens with two attached hydrogens (primary N) is 1. The fourth-order valence-electron chi connectivity index (χ4n) is 2.09. The van der Waals surface area contributed by atoms with Crippen LogP contribution in [0.15, 0.2) is 30.5 Å². The Kier molecular flexibility index (Phi) is 5.74. The second-order valence-electron chi connectivity index (χ2n) is 5.36. The molecule has 1 amide bonds. The Morgan fingerprint density at radius 1 is 1.48 bits per heavy atom. The maximum atomic E-state index is 12.2. The number of ether oxygens (including phenoxy) is 1. The third kappa shape index (κ3) is 4.14. The van der Waals surface area contributed by atoms with Gasteiger partial charge in [-0.15, -0.1) is 0 Å². The van der Waals surface area contributed by atoms with Crippen LogP contribution in [0.2, 0.25) is 0 Å². The van der Waals surface area contributed by atoms with Crippen molar-refractivity contribution >= 4 is 17.7 Å². The molecule has 0 aliphatic carbocycles. The van der Waals surface area contributed by atoms with Crippen LogP contribution in [0.4, 0.5) is 5.82 Å². The van der Waals surface area contributed by atoms with Gasteiger partial charge in [0.2, 0.25) is 0 Å². The summed E-state index contributed by atoms with van der Waals surface area (Å²) in [5.41, 5.74) is 6.85. The first-order valence-corrected chi connectivity index (χ1v) is 7.80. The van der Waals surface area contributed by atoms with E-state index in [1.165, 1.54) is 23.9 Å². The van der Waals surface area contributed by atoms with E-state index in [4.69, 9.17) is 15.7 Å². The Bertz CT molecular complexity index is 822. The number of carbonyl (C=O) groups is 2. The third-order valence-corrected chi connectivity index (χ3v) is 3.46.